The number of benzene rings is 3. The second-order valence-electron chi connectivity index (χ2n) is 7.66. The van der Waals surface area contributed by atoms with Gasteiger partial charge >= 0.3 is 12.3 Å². The molecule has 0 bridgehead atoms. The van der Waals surface area contributed by atoms with Crippen LogP contribution in [-0.2, 0) is 19.2 Å². The Morgan fingerprint density at radius 3 is 1.64 bits per heavy atom. The lowest BCUT2D eigenvalue weighted by Gasteiger charge is -2.48. The van der Waals surface area contributed by atoms with Crippen LogP contribution in [-0.4, -0.2) is 18.8 Å². The summed E-state index contributed by atoms with van der Waals surface area (Å²) < 4.78 is 0. The minimum atomic E-state index is 0.0406. The highest BCUT2D eigenvalue weighted by Crippen LogP contribution is 2.43. The van der Waals surface area contributed by atoms with Crippen molar-refractivity contribution in [2.24, 2.45) is 0 Å². The standard InChI is InChI=1S/C26H26Cl2N2.2CO2/c1-3-19-18-29(23-14-10-21(27)11-15-23)26(20-8-6-5-7-9-20)30(25(19)4-2)24-16-12-22(28)13-17-24;2*2-1-3/h5-17,26H,3-4,18H2,1-2H3;;. The fourth-order valence-electron chi connectivity index (χ4n) is 4.29. The summed E-state index contributed by atoms with van der Waals surface area (Å²) in [6.07, 6.45) is 2.53. The zero-order valence-electron chi connectivity index (χ0n) is 20.0. The average molecular weight is 525 g/mol. The molecule has 1 unspecified atom stereocenters. The smallest absolute Gasteiger partial charge is 0.343 e. The van der Waals surface area contributed by atoms with E-state index in [0.29, 0.717) is 0 Å². The summed E-state index contributed by atoms with van der Waals surface area (Å²) in [6, 6.07) is 27.1. The molecule has 1 heterocycles. The molecule has 36 heavy (non-hydrogen) atoms. The van der Waals surface area contributed by atoms with Gasteiger partial charge in [0, 0.05) is 33.7 Å². The number of rotatable bonds is 5. The molecule has 8 heteroatoms. The molecule has 0 saturated carbocycles. The van der Waals surface area contributed by atoms with Gasteiger partial charge in [0.1, 0.15) is 6.17 Å². The summed E-state index contributed by atoms with van der Waals surface area (Å²) >= 11 is 12.4. The van der Waals surface area contributed by atoms with E-state index in [-0.39, 0.29) is 18.5 Å². The summed E-state index contributed by atoms with van der Waals surface area (Å²) in [6.45, 7) is 5.38. The van der Waals surface area contributed by atoms with Crippen LogP contribution >= 0.6 is 23.2 Å². The molecule has 3 aromatic rings. The molecule has 0 aliphatic carbocycles. The van der Waals surface area contributed by atoms with Gasteiger partial charge in [0.2, 0.25) is 0 Å². The van der Waals surface area contributed by atoms with E-state index in [0.717, 1.165) is 40.8 Å². The number of nitrogens with zero attached hydrogens (tertiary/aromatic N) is 2. The Bertz CT molecular complexity index is 1190. The number of hydrogen-bond donors (Lipinski definition) is 0. The summed E-state index contributed by atoms with van der Waals surface area (Å²) in [4.78, 5) is 37.4. The molecule has 6 nitrogen and oxygen atoms in total. The third kappa shape index (κ3) is 7.17. The molecule has 0 radical (unpaired) electrons. The van der Waals surface area contributed by atoms with Gasteiger partial charge in [0.15, 0.2) is 0 Å². The molecule has 1 atom stereocenters. The number of halogens is 2. The van der Waals surface area contributed by atoms with E-state index < -0.39 is 0 Å². The highest BCUT2D eigenvalue weighted by molar-refractivity contribution is 6.30. The number of allylic oxidation sites excluding steroid dienone is 1. The molecule has 0 amide bonds. The maximum Gasteiger partial charge on any atom is 0.373 e. The van der Waals surface area contributed by atoms with Crippen LogP contribution in [0.25, 0.3) is 0 Å². The molecular weight excluding hydrogens is 499 g/mol. The Morgan fingerprint density at radius 2 is 1.19 bits per heavy atom. The normalized spacial score (nSPS) is 14.5. The quantitative estimate of drug-likeness (QED) is 0.360. The minimum Gasteiger partial charge on any atom is -0.343 e. The molecule has 1 aliphatic heterocycles. The Hall–Kier alpha value is -3.66. The topological polar surface area (TPSA) is 74.8 Å². The van der Waals surface area contributed by atoms with E-state index >= 15 is 0 Å². The first-order chi connectivity index (χ1) is 17.4. The van der Waals surface area contributed by atoms with E-state index in [2.05, 4.69) is 78.2 Å². The predicted octanol–water partition coefficient (Wildman–Crippen LogP) is 6.93. The molecule has 3 aromatic carbocycles. The summed E-state index contributed by atoms with van der Waals surface area (Å²) in [5.74, 6) is 0. The number of carbonyl (C=O) groups excluding carboxylic acids is 4. The summed E-state index contributed by atoms with van der Waals surface area (Å²) in [7, 11) is 0. The van der Waals surface area contributed by atoms with Crippen molar-refractivity contribution in [3.8, 4) is 0 Å². The van der Waals surface area contributed by atoms with Gasteiger partial charge in [0.25, 0.3) is 0 Å². The van der Waals surface area contributed by atoms with Crippen molar-refractivity contribution in [1.82, 2.24) is 0 Å². The Labute approximate surface area is 220 Å². The lowest BCUT2D eigenvalue weighted by atomic mass is 9.97. The Kier molecular flexibility index (Phi) is 11.6. The molecule has 4 rings (SSSR count). The molecule has 1 aliphatic rings. The van der Waals surface area contributed by atoms with Crippen molar-refractivity contribution < 1.29 is 19.2 Å². The third-order valence-electron chi connectivity index (χ3n) is 5.72. The van der Waals surface area contributed by atoms with E-state index in [9.17, 15) is 0 Å². The molecule has 0 N–H and O–H groups in total. The highest BCUT2D eigenvalue weighted by atomic mass is 35.5. The Morgan fingerprint density at radius 1 is 0.722 bits per heavy atom. The monoisotopic (exact) mass is 524 g/mol. The Balaban J connectivity index is 0.000000693. The van der Waals surface area contributed by atoms with Crippen LogP contribution in [0.5, 0.6) is 0 Å². The van der Waals surface area contributed by atoms with Crippen LogP contribution in [0.15, 0.2) is 90.1 Å². The molecule has 0 aromatic heterocycles. The van der Waals surface area contributed by atoms with Gasteiger partial charge in [0.05, 0.1) is 0 Å². The van der Waals surface area contributed by atoms with Crippen LogP contribution in [0, 0.1) is 0 Å². The van der Waals surface area contributed by atoms with Crippen molar-refractivity contribution in [3.63, 3.8) is 0 Å². The third-order valence-corrected chi connectivity index (χ3v) is 6.23. The first-order valence-corrected chi connectivity index (χ1v) is 12.0. The SMILES string of the molecule is CCC1=C(CC)N(c2ccc(Cl)cc2)C(c2ccccc2)N(c2ccc(Cl)cc2)C1.O=C=O.O=C=O. The van der Waals surface area contributed by atoms with Crippen molar-refractivity contribution >= 4 is 46.9 Å². The van der Waals surface area contributed by atoms with Gasteiger partial charge in [-0.3, -0.25) is 0 Å². The fourth-order valence-corrected chi connectivity index (χ4v) is 4.55. The van der Waals surface area contributed by atoms with Gasteiger partial charge in [-0.1, -0.05) is 67.4 Å². The molecule has 0 saturated heterocycles. The van der Waals surface area contributed by atoms with Crippen molar-refractivity contribution in [3.05, 3.63) is 106 Å². The van der Waals surface area contributed by atoms with E-state index in [1.165, 1.54) is 16.8 Å². The summed E-state index contributed by atoms with van der Waals surface area (Å²) in [5.41, 5.74) is 6.40. The lowest BCUT2D eigenvalue weighted by molar-refractivity contribution is -0.193. The van der Waals surface area contributed by atoms with Crippen molar-refractivity contribution in [2.45, 2.75) is 32.9 Å². The second-order valence-corrected chi connectivity index (χ2v) is 8.53. The van der Waals surface area contributed by atoms with Gasteiger partial charge in [-0.25, -0.2) is 0 Å². The lowest BCUT2D eigenvalue weighted by Crippen LogP contribution is -2.47. The average Bonchev–Trinajstić information content (AvgIpc) is 2.90. The van der Waals surface area contributed by atoms with Crippen LogP contribution in [0.3, 0.4) is 0 Å². The summed E-state index contributed by atoms with van der Waals surface area (Å²) in [5, 5.41) is 1.50. The van der Waals surface area contributed by atoms with Gasteiger partial charge in [-0.2, -0.15) is 19.2 Å². The first kappa shape index (κ1) is 28.6. The van der Waals surface area contributed by atoms with E-state index in [1.807, 2.05) is 24.3 Å². The highest BCUT2D eigenvalue weighted by Gasteiger charge is 2.35. The molecule has 0 fully saturated rings. The van der Waals surface area contributed by atoms with Crippen LogP contribution in [0.2, 0.25) is 10.0 Å². The van der Waals surface area contributed by atoms with Crippen LogP contribution < -0.4 is 9.80 Å². The number of hydrogen-bond acceptors (Lipinski definition) is 6. The maximum atomic E-state index is 8.12. The zero-order chi connectivity index (χ0) is 26.5. The molecule has 186 valence electrons. The van der Waals surface area contributed by atoms with Crippen LogP contribution in [0.4, 0.5) is 11.4 Å². The zero-order valence-corrected chi connectivity index (χ0v) is 21.5. The first-order valence-electron chi connectivity index (χ1n) is 11.3. The van der Waals surface area contributed by atoms with E-state index in [4.69, 9.17) is 42.4 Å². The van der Waals surface area contributed by atoms with Gasteiger partial charge in [-0.15, -0.1) is 0 Å². The minimum absolute atomic E-state index is 0.0406. The maximum absolute atomic E-state index is 8.12. The van der Waals surface area contributed by atoms with Gasteiger partial charge < -0.3 is 9.80 Å². The van der Waals surface area contributed by atoms with Gasteiger partial charge in [-0.05, 0) is 72.5 Å². The number of anilines is 2. The molecule has 0 spiro atoms. The largest absolute Gasteiger partial charge is 0.373 e. The van der Waals surface area contributed by atoms with Crippen molar-refractivity contribution in [1.29, 1.82) is 0 Å². The predicted molar refractivity (Wildman–Crippen MR) is 140 cm³/mol. The second kappa shape index (κ2) is 14.7. The fraction of sp³-hybridized carbons (Fsp3) is 0.214. The van der Waals surface area contributed by atoms with E-state index in [1.54, 1.807) is 0 Å². The molecular formula is C28H26Cl2N2O4. The van der Waals surface area contributed by atoms with Crippen molar-refractivity contribution in [2.75, 3.05) is 16.3 Å². The van der Waals surface area contributed by atoms with Crippen LogP contribution in [0.1, 0.15) is 38.4 Å².